The highest BCUT2D eigenvalue weighted by molar-refractivity contribution is 5.95. The van der Waals surface area contributed by atoms with Crippen molar-refractivity contribution < 1.29 is 4.79 Å². The number of carbonyl (C=O) groups excluding carboxylic acids is 1. The predicted molar refractivity (Wildman–Crippen MR) is 115 cm³/mol. The minimum atomic E-state index is -0.0609. The summed E-state index contributed by atoms with van der Waals surface area (Å²) >= 11 is 0. The molecule has 0 aliphatic carbocycles. The van der Waals surface area contributed by atoms with Crippen LogP contribution in [0.4, 0.5) is 5.69 Å². The van der Waals surface area contributed by atoms with Crippen LogP contribution in [0.5, 0.6) is 0 Å². The molecule has 0 fully saturated rings. The Morgan fingerprint density at radius 3 is 2.25 bits per heavy atom. The maximum atomic E-state index is 13.1. The lowest BCUT2D eigenvalue weighted by Crippen LogP contribution is -2.30. The number of anilines is 1. The van der Waals surface area contributed by atoms with E-state index < -0.39 is 0 Å². The molecule has 1 amide bonds. The van der Waals surface area contributed by atoms with E-state index in [0.717, 1.165) is 33.8 Å². The number of hydrogen-bond acceptors (Lipinski definition) is 3. The molecule has 5 heteroatoms. The van der Waals surface area contributed by atoms with Crippen LogP contribution in [0.2, 0.25) is 0 Å². The number of carbonyl (C=O) groups is 1. The van der Waals surface area contributed by atoms with Crippen LogP contribution >= 0.6 is 0 Å². The molecule has 2 aromatic carbocycles. The zero-order chi connectivity index (χ0) is 20.4. The summed E-state index contributed by atoms with van der Waals surface area (Å²) in [6.07, 6.45) is 0. The summed E-state index contributed by atoms with van der Waals surface area (Å²) in [5.74, 6) is -0.000684. The molecule has 1 aromatic heterocycles. The van der Waals surface area contributed by atoms with Gasteiger partial charge in [-0.25, -0.2) is 0 Å². The van der Waals surface area contributed by atoms with Gasteiger partial charge < -0.3 is 9.80 Å². The first kappa shape index (κ1) is 19.7. The number of H-pyrrole nitrogens is 1. The second-order valence-electron chi connectivity index (χ2n) is 7.46. The van der Waals surface area contributed by atoms with Crippen molar-refractivity contribution in [2.45, 2.75) is 26.8 Å². The van der Waals surface area contributed by atoms with Crippen molar-refractivity contribution >= 4 is 11.6 Å². The molecule has 0 spiro atoms. The highest BCUT2D eigenvalue weighted by Crippen LogP contribution is 2.27. The van der Waals surface area contributed by atoms with Crippen molar-refractivity contribution in [3.63, 3.8) is 0 Å². The smallest absolute Gasteiger partial charge is 0.254 e. The summed E-state index contributed by atoms with van der Waals surface area (Å²) < 4.78 is 0. The second-order valence-corrected chi connectivity index (χ2v) is 7.46. The van der Waals surface area contributed by atoms with Crippen molar-refractivity contribution in [2.24, 2.45) is 0 Å². The van der Waals surface area contributed by atoms with Crippen LogP contribution in [0.25, 0.3) is 11.1 Å². The maximum absolute atomic E-state index is 13.1. The van der Waals surface area contributed by atoms with Gasteiger partial charge in [0.2, 0.25) is 0 Å². The third kappa shape index (κ3) is 3.79. The first-order valence-electron chi connectivity index (χ1n) is 9.46. The molecule has 0 aliphatic rings. The molecule has 0 saturated heterocycles. The van der Waals surface area contributed by atoms with E-state index in [1.54, 1.807) is 4.90 Å². The largest absolute Gasteiger partial charge is 0.378 e. The van der Waals surface area contributed by atoms with Crippen LogP contribution in [0.1, 0.15) is 40.3 Å². The average molecular weight is 377 g/mol. The summed E-state index contributed by atoms with van der Waals surface area (Å²) in [5, 5.41) is 7.26. The molecule has 1 heterocycles. The van der Waals surface area contributed by atoms with E-state index in [0.29, 0.717) is 5.56 Å². The van der Waals surface area contributed by atoms with Gasteiger partial charge in [-0.1, -0.05) is 24.3 Å². The molecule has 0 bridgehead atoms. The number of rotatable bonds is 5. The van der Waals surface area contributed by atoms with Gasteiger partial charge in [0.15, 0.2) is 0 Å². The second kappa shape index (κ2) is 7.89. The number of amides is 1. The first-order valence-corrected chi connectivity index (χ1v) is 9.46. The van der Waals surface area contributed by atoms with Crippen molar-refractivity contribution in [3.05, 3.63) is 71.0 Å². The SMILES string of the molecule is Cc1n[nH]c(C)c1C(C)N(C)C(=O)c1cccc(-c2ccc(N(C)C)cc2)c1. The number of nitrogens with zero attached hydrogens (tertiary/aromatic N) is 3. The molecule has 3 rings (SSSR count). The Kier molecular flexibility index (Phi) is 5.54. The normalized spacial score (nSPS) is 11.9. The molecule has 0 aliphatic heterocycles. The molecule has 5 nitrogen and oxygen atoms in total. The summed E-state index contributed by atoms with van der Waals surface area (Å²) in [4.78, 5) is 17.0. The van der Waals surface area contributed by atoms with Gasteiger partial charge >= 0.3 is 0 Å². The monoisotopic (exact) mass is 376 g/mol. The summed E-state index contributed by atoms with van der Waals surface area (Å²) in [5.41, 5.74) is 6.97. The van der Waals surface area contributed by atoms with Crippen molar-refractivity contribution in [1.82, 2.24) is 15.1 Å². The lowest BCUT2D eigenvalue weighted by Gasteiger charge is -2.26. The fourth-order valence-electron chi connectivity index (χ4n) is 3.53. The summed E-state index contributed by atoms with van der Waals surface area (Å²) in [6, 6.07) is 16.1. The quantitative estimate of drug-likeness (QED) is 0.708. The molecule has 28 heavy (non-hydrogen) atoms. The van der Waals surface area contributed by atoms with Crippen LogP contribution in [-0.4, -0.2) is 42.1 Å². The van der Waals surface area contributed by atoms with Gasteiger partial charge in [0.1, 0.15) is 0 Å². The van der Waals surface area contributed by atoms with Gasteiger partial charge in [-0.05, 0) is 56.2 Å². The predicted octanol–water partition coefficient (Wildman–Crippen LogP) is 4.59. The molecule has 1 unspecified atom stereocenters. The molecule has 1 N–H and O–H groups in total. The first-order chi connectivity index (χ1) is 13.3. The molecule has 1 atom stereocenters. The minimum absolute atomic E-state index is 0.000684. The van der Waals surface area contributed by atoms with Crippen LogP contribution < -0.4 is 4.90 Å². The fraction of sp³-hybridized carbons (Fsp3) is 0.304. The van der Waals surface area contributed by atoms with E-state index in [-0.39, 0.29) is 11.9 Å². The van der Waals surface area contributed by atoms with E-state index in [1.165, 1.54) is 0 Å². The highest BCUT2D eigenvalue weighted by atomic mass is 16.2. The zero-order valence-corrected chi connectivity index (χ0v) is 17.4. The van der Waals surface area contributed by atoms with Crippen LogP contribution in [-0.2, 0) is 0 Å². The summed E-state index contributed by atoms with van der Waals surface area (Å²) in [7, 11) is 5.89. The third-order valence-electron chi connectivity index (χ3n) is 5.33. The van der Waals surface area contributed by atoms with Crippen molar-refractivity contribution in [2.75, 3.05) is 26.0 Å². The fourth-order valence-corrected chi connectivity index (χ4v) is 3.53. The van der Waals surface area contributed by atoms with E-state index in [4.69, 9.17) is 0 Å². The van der Waals surface area contributed by atoms with E-state index >= 15 is 0 Å². The molecule has 0 saturated carbocycles. The van der Waals surface area contributed by atoms with Crippen molar-refractivity contribution in [3.8, 4) is 11.1 Å². The van der Waals surface area contributed by atoms with E-state index in [9.17, 15) is 4.79 Å². The van der Waals surface area contributed by atoms with Crippen LogP contribution in [0, 0.1) is 13.8 Å². The van der Waals surface area contributed by atoms with Crippen molar-refractivity contribution in [1.29, 1.82) is 0 Å². The third-order valence-corrected chi connectivity index (χ3v) is 5.33. The van der Waals surface area contributed by atoms with E-state index in [2.05, 4.69) is 39.4 Å². The Morgan fingerprint density at radius 2 is 1.68 bits per heavy atom. The number of benzene rings is 2. The summed E-state index contributed by atoms with van der Waals surface area (Å²) in [6.45, 7) is 5.99. The Bertz CT molecular complexity index is 953. The highest BCUT2D eigenvalue weighted by Gasteiger charge is 2.23. The standard InChI is InChI=1S/C23H28N4O/c1-15-22(16(2)25-24-15)17(3)27(6)23(28)20-9-7-8-19(14-20)18-10-12-21(13-11-18)26(4)5/h7-14,17H,1-6H3,(H,24,25). The molecular formula is C23H28N4O. The minimum Gasteiger partial charge on any atom is -0.378 e. The van der Waals surface area contributed by atoms with Gasteiger partial charge in [0.25, 0.3) is 5.91 Å². The van der Waals surface area contributed by atoms with Gasteiger partial charge in [0.05, 0.1) is 11.7 Å². The molecular weight excluding hydrogens is 348 g/mol. The van der Waals surface area contributed by atoms with Crippen LogP contribution in [0.15, 0.2) is 48.5 Å². The number of hydrogen-bond donors (Lipinski definition) is 1. The number of nitrogens with one attached hydrogen (secondary N) is 1. The number of aryl methyl sites for hydroxylation is 2. The van der Waals surface area contributed by atoms with Gasteiger partial charge in [-0.3, -0.25) is 9.89 Å². The zero-order valence-electron chi connectivity index (χ0n) is 17.4. The Labute approximate surface area is 167 Å². The van der Waals surface area contributed by atoms with Gasteiger partial charge in [-0.2, -0.15) is 5.10 Å². The maximum Gasteiger partial charge on any atom is 0.254 e. The van der Waals surface area contributed by atoms with Gasteiger partial charge in [-0.15, -0.1) is 0 Å². The Hall–Kier alpha value is -3.08. The number of aromatic nitrogens is 2. The molecule has 0 radical (unpaired) electrons. The van der Waals surface area contributed by atoms with Crippen LogP contribution in [0.3, 0.4) is 0 Å². The Morgan fingerprint density at radius 1 is 1.00 bits per heavy atom. The van der Waals surface area contributed by atoms with Gasteiger partial charge in [0, 0.05) is 43.7 Å². The lowest BCUT2D eigenvalue weighted by molar-refractivity contribution is 0.0742. The topological polar surface area (TPSA) is 52.2 Å². The number of aromatic amines is 1. The Balaban J connectivity index is 1.85. The molecule has 3 aromatic rings. The lowest BCUT2D eigenvalue weighted by atomic mass is 10.0. The molecule has 146 valence electrons. The average Bonchev–Trinajstić information content (AvgIpc) is 3.04. The van der Waals surface area contributed by atoms with E-state index in [1.807, 2.05) is 66.2 Å².